The zero-order valence-corrected chi connectivity index (χ0v) is 19.8. The fourth-order valence-electron chi connectivity index (χ4n) is 5.08. The Morgan fingerprint density at radius 2 is 1.06 bits per heavy atom. The van der Waals surface area contributed by atoms with Crippen LogP contribution in [0.15, 0.2) is 133 Å². The van der Waals surface area contributed by atoms with Crippen LogP contribution in [0, 0.1) is 0 Å². The maximum Gasteiger partial charge on any atom is 0.0728 e. The summed E-state index contributed by atoms with van der Waals surface area (Å²) in [7, 11) is 0. The van der Waals surface area contributed by atoms with Crippen LogP contribution in [0.5, 0.6) is 0 Å². The molecule has 0 aliphatic carbocycles. The molecule has 0 bridgehead atoms. The van der Waals surface area contributed by atoms with Gasteiger partial charge < -0.3 is 9.47 Å². The first-order chi connectivity index (χ1) is 17.4. The molecular formula is C32H22N2S. The Labute approximate surface area is 207 Å². The van der Waals surface area contributed by atoms with Crippen LogP contribution >= 0.6 is 11.3 Å². The molecule has 2 nitrogen and oxygen atoms in total. The summed E-state index contributed by atoms with van der Waals surface area (Å²) < 4.78 is 5.04. The minimum absolute atomic E-state index is 1.15. The highest BCUT2D eigenvalue weighted by molar-refractivity contribution is 7.27. The highest BCUT2D eigenvalue weighted by Crippen LogP contribution is 2.47. The molecule has 0 atom stereocenters. The van der Waals surface area contributed by atoms with Crippen molar-refractivity contribution in [3.8, 4) is 5.69 Å². The molecule has 0 saturated carbocycles. The molecule has 7 aromatic rings. The number of anilines is 3. The Morgan fingerprint density at radius 3 is 1.74 bits per heavy atom. The van der Waals surface area contributed by atoms with Gasteiger partial charge in [0.15, 0.2) is 0 Å². The summed E-state index contributed by atoms with van der Waals surface area (Å²) >= 11 is 1.89. The average molecular weight is 467 g/mol. The van der Waals surface area contributed by atoms with Crippen LogP contribution in [0.25, 0.3) is 36.9 Å². The second-order valence-corrected chi connectivity index (χ2v) is 9.65. The highest BCUT2D eigenvalue weighted by atomic mass is 32.1. The first kappa shape index (κ1) is 20.1. The molecule has 7 rings (SSSR count). The normalized spacial score (nSPS) is 11.4. The highest BCUT2D eigenvalue weighted by Gasteiger charge is 2.22. The third-order valence-electron chi connectivity index (χ3n) is 6.57. The molecule has 0 fully saturated rings. The Kier molecular flexibility index (Phi) is 4.68. The first-order valence-electron chi connectivity index (χ1n) is 11.8. The molecule has 3 heteroatoms. The van der Waals surface area contributed by atoms with Crippen molar-refractivity contribution in [2.45, 2.75) is 0 Å². The fourth-order valence-corrected chi connectivity index (χ4v) is 6.40. The molecular weight excluding hydrogens is 444 g/mol. The maximum absolute atomic E-state index is 2.42. The van der Waals surface area contributed by atoms with Crippen molar-refractivity contribution in [2.24, 2.45) is 0 Å². The van der Waals surface area contributed by atoms with Gasteiger partial charge in [0.2, 0.25) is 0 Å². The van der Waals surface area contributed by atoms with E-state index in [0.717, 1.165) is 11.4 Å². The summed E-state index contributed by atoms with van der Waals surface area (Å²) in [6.45, 7) is 0. The topological polar surface area (TPSA) is 8.17 Å². The van der Waals surface area contributed by atoms with Gasteiger partial charge in [0, 0.05) is 27.8 Å². The Bertz CT molecular complexity index is 1740. The number of nitrogens with zero attached hydrogens (tertiary/aromatic N) is 2. The van der Waals surface area contributed by atoms with E-state index in [2.05, 4.69) is 143 Å². The van der Waals surface area contributed by atoms with Crippen LogP contribution < -0.4 is 4.90 Å². The van der Waals surface area contributed by atoms with Crippen molar-refractivity contribution in [1.82, 2.24) is 4.57 Å². The number of thiophene rings is 1. The van der Waals surface area contributed by atoms with Gasteiger partial charge in [-0.1, -0.05) is 84.9 Å². The van der Waals surface area contributed by atoms with Gasteiger partial charge >= 0.3 is 0 Å². The third-order valence-corrected chi connectivity index (χ3v) is 7.82. The number of benzene rings is 5. The van der Waals surface area contributed by atoms with Gasteiger partial charge in [-0.3, -0.25) is 0 Å². The Hall–Kier alpha value is -4.34. The van der Waals surface area contributed by atoms with Gasteiger partial charge in [0.1, 0.15) is 0 Å². The number of fused-ring (bicyclic) bond motifs is 5. The zero-order chi connectivity index (χ0) is 23.2. The van der Waals surface area contributed by atoms with E-state index in [1.807, 2.05) is 11.3 Å². The summed E-state index contributed by atoms with van der Waals surface area (Å²) in [5.41, 5.74) is 7.22. The van der Waals surface area contributed by atoms with Gasteiger partial charge in [0.25, 0.3) is 0 Å². The SMILES string of the molecule is c1ccc(N(c2ccccc2)c2cccc3c2sc2c4ccccc4n(-c4ccccc4)c32)cc1. The van der Waals surface area contributed by atoms with Crippen molar-refractivity contribution >= 4 is 59.6 Å². The average Bonchev–Trinajstić information content (AvgIpc) is 3.46. The van der Waals surface area contributed by atoms with Gasteiger partial charge in [-0.15, -0.1) is 11.3 Å². The van der Waals surface area contributed by atoms with Crippen molar-refractivity contribution < 1.29 is 0 Å². The lowest BCUT2D eigenvalue weighted by Crippen LogP contribution is -2.09. The lowest BCUT2D eigenvalue weighted by Gasteiger charge is -2.26. The standard InChI is InChI=1S/C32H22N2S/c1-4-13-23(14-5-1)33(24-15-6-2-7-16-24)29-22-12-20-27-30-32(35-31(27)29)26-19-10-11-21-28(26)34(30)25-17-8-3-9-18-25/h1-22H. The van der Waals surface area contributed by atoms with E-state index in [1.165, 1.54) is 42.6 Å². The predicted octanol–water partition coefficient (Wildman–Crippen LogP) is 9.47. The quantitative estimate of drug-likeness (QED) is 0.251. The molecule has 0 amide bonds. The van der Waals surface area contributed by atoms with E-state index in [1.54, 1.807) is 0 Å². The predicted molar refractivity (Wildman–Crippen MR) is 151 cm³/mol. The van der Waals surface area contributed by atoms with Crippen LogP contribution in [-0.2, 0) is 0 Å². The minimum atomic E-state index is 1.15. The number of aromatic nitrogens is 1. The monoisotopic (exact) mass is 466 g/mol. The fraction of sp³-hybridized carbons (Fsp3) is 0. The van der Waals surface area contributed by atoms with E-state index < -0.39 is 0 Å². The molecule has 0 aliphatic heterocycles. The molecule has 0 N–H and O–H groups in total. The van der Waals surface area contributed by atoms with Crippen molar-refractivity contribution in [2.75, 3.05) is 4.90 Å². The summed E-state index contributed by atoms with van der Waals surface area (Å²) in [6, 6.07) is 47.4. The molecule has 0 radical (unpaired) electrons. The van der Waals surface area contributed by atoms with Crippen molar-refractivity contribution in [1.29, 1.82) is 0 Å². The van der Waals surface area contributed by atoms with Crippen molar-refractivity contribution in [3.63, 3.8) is 0 Å². The molecule has 0 saturated heterocycles. The van der Waals surface area contributed by atoms with Crippen LogP contribution in [0.1, 0.15) is 0 Å². The molecule has 2 aromatic heterocycles. The lowest BCUT2D eigenvalue weighted by molar-refractivity contribution is 1.19. The summed E-state index contributed by atoms with van der Waals surface area (Å²) in [6.07, 6.45) is 0. The summed E-state index contributed by atoms with van der Waals surface area (Å²) in [5, 5.41) is 2.57. The lowest BCUT2D eigenvalue weighted by atomic mass is 10.1. The van der Waals surface area contributed by atoms with Crippen molar-refractivity contribution in [3.05, 3.63) is 133 Å². The second-order valence-electron chi connectivity index (χ2n) is 8.63. The Morgan fingerprint density at radius 1 is 0.486 bits per heavy atom. The van der Waals surface area contributed by atoms with Gasteiger partial charge in [-0.25, -0.2) is 0 Å². The number of hydrogen-bond donors (Lipinski definition) is 0. The molecule has 166 valence electrons. The van der Waals surface area contributed by atoms with E-state index >= 15 is 0 Å². The van der Waals surface area contributed by atoms with Crippen LogP contribution in [-0.4, -0.2) is 4.57 Å². The minimum Gasteiger partial charge on any atom is -0.309 e. The van der Waals surface area contributed by atoms with E-state index in [-0.39, 0.29) is 0 Å². The van der Waals surface area contributed by atoms with Gasteiger partial charge in [0.05, 0.1) is 26.1 Å². The third kappa shape index (κ3) is 3.17. The van der Waals surface area contributed by atoms with Gasteiger partial charge in [-0.05, 0) is 48.5 Å². The summed E-state index contributed by atoms with van der Waals surface area (Å²) in [5.74, 6) is 0. The number of rotatable bonds is 4. The number of para-hydroxylation sites is 4. The number of hydrogen-bond acceptors (Lipinski definition) is 2. The summed E-state index contributed by atoms with van der Waals surface area (Å²) in [4.78, 5) is 2.37. The maximum atomic E-state index is 2.42. The second kappa shape index (κ2) is 8.15. The first-order valence-corrected chi connectivity index (χ1v) is 12.6. The van der Waals surface area contributed by atoms with E-state index in [0.29, 0.717) is 0 Å². The largest absolute Gasteiger partial charge is 0.309 e. The van der Waals surface area contributed by atoms with E-state index in [9.17, 15) is 0 Å². The molecule has 2 heterocycles. The van der Waals surface area contributed by atoms with Crippen LogP contribution in [0.2, 0.25) is 0 Å². The molecule has 0 unspecified atom stereocenters. The molecule has 5 aromatic carbocycles. The zero-order valence-electron chi connectivity index (χ0n) is 19.0. The van der Waals surface area contributed by atoms with E-state index in [4.69, 9.17) is 0 Å². The van der Waals surface area contributed by atoms with Crippen LogP contribution in [0.3, 0.4) is 0 Å². The molecule has 0 spiro atoms. The smallest absolute Gasteiger partial charge is 0.0728 e. The van der Waals surface area contributed by atoms with Crippen LogP contribution in [0.4, 0.5) is 17.1 Å². The molecule has 0 aliphatic rings. The molecule has 35 heavy (non-hydrogen) atoms. The van der Waals surface area contributed by atoms with Gasteiger partial charge in [-0.2, -0.15) is 0 Å². The Balaban J connectivity index is 1.58.